The van der Waals surface area contributed by atoms with Crippen LogP contribution in [0, 0.1) is 0 Å². The molecule has 1 N–H and O–H groups in total. The Kier molecular flexibility index (Phi) is 2.17. The van der Waals surface area contributed by atoms with Crippen LogP contribution in [-0.4, -0.2) is 26.0 Å². The Labute approximate surface area is 65.9 Å². The van der Waals surface area contributed by atoms with Crippen LogP contribution in [0.5, 0.6) is 0 Å². The molecule has 1 aliphatic heterocycles. The lowest BCUT2D eigenvalue weighted by Crippen LogP contribution is -2.43. The number of rotatable bonds is 1. The maximum atomic E-state index is 10.9. The zero-order valence-electron chi connectivity index (χ0n) is 6.33. The first-order valence-electron chi connectivity index (χ1n) is 3.48. The van der Waals surface area contributed by atoms with Crippen molar-refractivity contribution < 1.29 is 13.2 Å². The van der Waals surface area contributed by atoms with Crippen molar-refractivity contribution in [2.45, 2.75) is 24.6 Å². The van der Waals surface area contributed by atoms with E-state index >= 15 is 0 Å². The Hall–Kier alpha value is -0.580. The largest absolute Gasteiger partial charge is 0.340 e. The van der Waals surface area contributed by atoms with Gasteiger partial charge in [-0.3, -0.25) is 4.79 Å². The number of carbonyl (C=O) groups excluding carboxylic acids is 1. The van der Waals surface area contributed by atoms with Crippen molar-refractivity contribution >= 4 is 15.7 Å². The van der Waals surface area contributed by atoms with E-state index in [0.717, 1.165) is 6.26 Å². The summed E-state index contributed by atoms with van der Waals surface area (Å²) in [5, 5.41) is 1.78. The molecule has 1 saturated heterocycles. The van der Waals surface area contributed by atoms with E-state index in [1.54, 1.807) is 0 Å². The molecule has 11 heavy (non-hydrogen) atoms. The number of carbonyl (C=O) groups is 1. The molecule has 0 saturated carbocycles. The normalized spacial score (nSPS) is 26.3. The van der Waals surface area contributed by atoms with Crippen molar-refractivity contribution in [1.82, 2.24) is 5.32 Å². The molecule has 0 bridgehead atoms. The van der Waals surface area contributed by atoms with Gasteiger partial charge < -0.3 is 5.32 Å². The van der Waals surface area contributed by atoms with Gasteiger partial charge in [0, 0.05) is 12.7 Å². The summed E-state index contributed by atoms with van der Waals surface area (Å²) in [5.74, 6) is -0.160. The van der Waals surface area contributed by atoms with Gasteiger partial charge in [0.15, 0.2) is 9.84 Å². The topological polar surface area (TPSA) is 63.2 Å². The predicted molar refractivity (Wildman–Crippen MR) is 40.6 cm³/mol. The van der Waals surface area contributed by atoms with Crippen molar-refractivity contribution in [3.63, 3.8) is 0 Å². The van der Waals surface area contributed by atoms with Crippen molar-refractivity contribution in [1.29, 1.82) is 0 Å². The first kappa shape index (κ1) is 8.52. The van der Waals surface area contributed by atoms with Crippen LogP contribution in [0.25, 0.3) is 0 Å². The first-order valence-corrected chi connectivity index (χ1v) is 5.44. The van der Waals surface area contributed by atoms with E-state index in [1.807, 2.05) is 0 Å². The molecule has 64 valence electrons. The molecular weight excluding hydrogens is 166 g/mol. The van der Waals surface area contributed by atoms with Gasteiger partial charge in [-0.25, -0.2) is 8.42 Å². The Balaban J connectivity index is 2.68. The average molecular weight is 177 g/mol. The van der Waals surface area contributed by atoms with Crippen LogP contribution in [0.15, 0.2) is 0 Å². The standard InChI is InChI=1S/C6H11NO3S/c1-11(9,10)6-4-2-3-5(8)7-6/h6H,2-4H2,1H3,(H,7,8). The van der Waals surface area contributed by atoms with Crippen LogP contribution in [0.4, 0.5) is 0 Å². The molecule has 0 aromatic rings. The molecule has 1 unspecified atom stereocenters. The van der Waals surface area contributed by atoms with E-state index in [-0.39, 0.29) is 5.91 Å². The number of hydrogen-bond acceptors (Lipinski definition) is 3. The molecule has 1 fully saturated rings. The van der Waals surface area contributed by atoms with Gasteiger partial charge in [0.05, 0.1) is 0 Å². The molecule has 1 heterocycles. The predicted octanol–water partition coefficient (Wildman–Crippen LogP) is -0.343. The smallest absolute Gasteiger partial charge is 0.221 e. The number of sulfone groups is 1. The zero-order valence-corrected chi connectivity index (χ0v) is 7.15. The maximum Gasteiger partial charge on any atom is 0.221 e. The van der Waals surface area contributed by atoms with Crippen LogP contribution >= 0.6 is 0 Å². The quantitative estimate of drug-likeness (QED) is 0.596. The molecule has 5 heteroatoms. The van der Waals surface area contributed by atoms with Crippen molar-refractivity contribution in [3.05, 3.63) is 0 Å². The second-order valence-corrected chi connectivity index (χ2v) is 5.01. The molecule has 1 amide bonds. The highest BCUT2D eigenvalue weighted by Gasteiger charge is 2.25. The first-order chi connectivity index (χ1) is 5.00. The summed E-state index contributed by atoms with van der Waals surface area (Å²) in [5.41, 5.74) is 0. The molecule has 0 radical (unpaired) electrons. The minimum atomic E-state index is -3.09. The summed E-state index contributed by atoms with van der Waals surface area (Å²) in [4.78, 5) is 10.7. The summed E-state index contributed by atoms with van der Waals surface area (Å²) in [7, 11) is -3.09. The summed E-state index contributed by atoms with van der Waals surface area (Å²) in [6.45, 7) is 0. The second kappa shape index (κ2) is 2.81. The summed E-state index contributed by atoms with van der Waals surface area (Å²) in [6, 6.07) is 0. The fourth-order valence-electron chi connectivity index (χ4n) is 1.09. The van der Waals surface area contributed by atoms with E-state index < -0.39 is 15.2 Å². The third kappa shape index (κ3) is 2.18. The molecular formula is C6H11NO3S. The van der Waals surface area contributed by atoms with Gasteiger partial charge in [-0.2, -0.15) is 0 Å². The maximum absolute atomic E-state index is 10.9. The van der Waals surface area contributed by atoms with Gasteiger partial charge in [-0.1, -0.05) is 0 Å². The van der Waals surface area contributed by atoms with Crippen molar-refractivity contribution in [2.75, 3.05) is 6.26 Å². The van der Waals surface area contributed by atoms with Gasteiger partial charge in [-0.05, 0) is 12.8 Å². The Bertz CT molecular complexity index is 257. The average Bonchev–Trinajstić information content (AvgIpc) is 1.86. The zero-order chi connectivity index (χ0) is 8.48. The highest BCUT2D eigenvalue weighted by molar-refractivity contribution is 7.91. The van der Waals surface area contributed by atoms with E-state index in [9.17, 15) is 13.2 Å². The molecule has 0 aromatic heterocycles. The third-order valence-electron chi connectivity index (χ3n) is 1.71. The van der Waals surface area contributed by atoms with Crippen molar-refractivity contribution in [2.24, 2.45) is 0 Å². The van der Waals surface area contributed by atoms with Gasteiger partial charge in [-0.15, -0.1) is 0 Å². The monoisotopic (exact) mass is 177 g/mol. The van der Waals surface area contributed by atoms with E-state index in [1.165, 1.54) is 0 Å². The summed E-state index contributed by atoms with van der Waals surface area (Å²) < 4.78 is 21.8. The van der Waals surface area contributed by atoms with Gasteiger partial charge in [0.1, 0.15) is 5.37 Å². The highest BCUT2D eigenvalue weighted by Crippen LogP contribution is 2.11. The van der Waals surface area contributed by atoms with Crippen LogP contribution < -0.4 is 5.32 Å². The molecule has 4 nitrogen and oxygen atoms in total. The van der Waals surface area contributed by atoms with Crippen LogP contribution in [0.2, 0.25) is 0 Å². The SMILES string of the molecule is CS(=O)(=O)C1CCCC(=O)N1. The van der Waals surface area contributed by atoms with Crippen LogP contribution in [0.3, 0.4) is 0 Å². The van der Waals surface area contributed by atoms with E-state index in [4.69, 9.17) is 0 Å². The van der Waals surface area contributed by atoms with Crippen LogP contribution in [-0.2, 0) is 14.6 Å². The number of piperidine rings is 1. The van der Waals surface area contributed by atoms with Crippen LogP contribution in [0.1, 0.15) is 19.3 Å². The lowest BCUT2D eigenvalue weighted by molar-refractivity contribution is -0.122. The summed E-state index contributed by atoms with van der Waals surface area (Å²) in [6.07, 6.45) is 2.81. The fourth-order valence-corrected chi connectivity index (χ4v) is 2.03. The Morgan fingerprint density at radius 3 is 2.55 bits per heavy atom. The van der Waals surface area contributed by atoms with Gasteiger partial charge in [0.2, 0.25) is 5.91 Å². The molecule has 1 atom stereocenters. The molecule has 1 rings (SSSR count). The molecule has 0 spiro atoms. The number of amides is 1. The van der Waals surface area contributed by atoms with E-state index in [2.05, 4.69) is 5.32 Å². The fraction of sp³-hybridized carbons (Fsp3) is 0.833. The second-order valence-electron chi connectivity index (χ2n) is 2.78. The lowest BCUT2D eigenvalue weighted by atomic mass is 10.2. The third-order valence-corrected chi connectivity index (χ3v) is 3.10. The number of nitrogens with one attached hydrogen (secondary N) is 1. The van der Waals surface area contributed by atoms with Gasteiger partial charge in [0.25, 0.3) is 0 Å². The minimum Gasteiger partial charge on any atom is -0.340 e. The number of hydrogen-bond donors (Lipinski definition) is 1. The van der Waals surface area contributed by atoms with Gasteiger partial charge >= 0.3 is 0 Å². The molecule has 0 aromatic carbocycles. The molecule has 1 aliphatic rings. The summed E-state index contributed by atoms with van der Waals surface area (Å²) >= 11 is 0. The Morgan fingerprint density at radius 1 is 1.55 bits per heavy atom. The Morgan fingerprint density at radius 2 is 2.18 bits per heavy atom. The van der Waals surface area contributed by atoms with E-state index in [0.29, 0.717) is 19.3 Å². The minimum absolute atomic E-state index is 0.160. The lowest BCUT2D eigenvalue weighted by Gasteiger charge is -2.20. The highest BCUT2D eigenvalue weighted by atomic mass is 32.2. The molecule has 0 aliphatic carbocycles. The van der Waals surface area contributed by atoms with Crippen molar-refractivity contribution in [3.8, 4) is 0 Å².